The zero-order valence-corrected chi connectivity index (χ0v) is 14.4. The highest BCUT2D eigenvalue weighted by Gasteiger charge is 2.55. The number of rotatable bonds is 7. The Kier molecular flexibility index (Phi) is 4.51. The molecule has 0 aromatic carbocycles. The highest BCUT2D eigenvalue weighted by molar-refractivity contribution is 5.88. The molecular formula is C19H27NO3. The summed E-state index contributed by atoms with van der Waals surface area (Å²) in [5, 5.41) is 3.37. The molecule has 1 heterocycles. The minimum atomic E-state index is -0.166. The second-order valence-corrected chi connectivity index (χ2v) is 6.82. The average molecular weight is 317 g/mol. The van der Waals surface area contributed by atoms with E-state index in [1.54, 1.807) is 0 Å². The number of carbonyl (C=O) groups excluding carboxylic acids is 1. The lowest BCUT2D eigenvalue weighted by molar-refractivity contribution is -0.126. The van der Waals surface area contributed by atoms with Gasteiger partial charge in [-0.2, -0.15) is 0 Å². The summed E-state index contributed by atoms with van der Waals surface area (Å²) in [6, 6.07) is 0. The molecule has 0 saturated heterocycles. The maximum absolute atomic E-state index is 13.0. The number of allylic oxidation sites excluding steroid dienone is 5. The lowest BCUT2D eigenvalue weighted by Gasteiger charge is -2.27. The third-order valence-electron chi connectivity index (χ3n) is 5.38. The number of hydrogen-bond acceptors (Lipinski definition) is 4. The van der Waals surface area contributed by atoms with E-state index in [1.807, 2.05) is 13.0 Å². The van der Waals surface area contributed by atoms with Gasteiger partial charge >= 0.3 is 0 Å². The van der Waals surface area contributed by atoms with Crippen molar-refractivity contribution in [1.82, 2.24) is 5.32 Å². The average Bonchev–Trinajstić information content (AvgIpc) is 3.23. The van der Waals surface area contributed by atoms with E-state index < -0.39 is 0 Å². The number of ether oxygens (including phenoxy) is 2. The van der Waals surface area contributed by atoms with E-state index in [0.717, 1.165) is 37.3 Å². The van der Waals surface area contributed by atoms with Gasteiger partial charge in [0.15, 0.2) is 5.76 Å². The van der Waals surface area contributed by atoms with E-state index >= 15 is 0 Å². The fourth-order valence-corrected chi connectivity index (χ4v) is 3.81. The van der Waals surface area contributed by atoms with Crippen LogP contribution in [-0.4, -0.2) is 19.1 Å². The number of Topliss-reactive ketones (excluding diaryl/α,β-unsaturated/α-hetero) is 1. The van der Waals surface area contributed by atoms with Crippen LogP contribution >= 0.6 is 0 Å². The predicted molar refractivity (Wildman–Crippen MR) is 89.2 cm³/mol. The van der Waals surface area contributed by atoms with Gasteiger partial charge in [0, 0.05) is 36.4 Å². The molecule has 126 valence electrons. The quantitative estimate of drug-likeness (QED) is 0.778. The summed E-state index contributed by atoms with van der Waals surface area (Å²) in [4.78, 5) is 13.0. The SMILES string of the molecule is C/C=C(/NCC)C(C)CC(=O)C1(C2C=CC3=C(C2)OCO3)CC1. The Bertz CT molecular complexity index is 569. The van der Waals surface area contributed by atoms with Gasteiger partial charge in [-0.1, -0.05) is 19.1 Å². The smallest absolute Gasteiger partial charge is 0.230 e. The Morgan fingerprint density at radius 3 is 2.91 bits per heavy atom. The van der Waals surface area contributed by atoms with Crippen molar-refractivity contribution in [2.45, 2.75) is 46.5 Å². The largest absolute Gasteiger partial charge is 0.458 e. The molecule has 4 nitrogen and oxygen atoms in total. The zero-order chi connectivity index (χ0) is 16.4. The van der Waals surface area contributed by atoms with Crippen LogP contribution in [-0.2, 0) is 14.3 Å². The highest BCUT2D eigenvalue weighted by atomic mass is 16.7. The van der Waals surface area contributed by atoms with Crippen molar-refractivity contribution in [2.75, 3.05) is 13.3 Å². The van der Waals surface area contributed by atoms with Crippen molar-refractivity contribution in [3.8, 4) is 0 Å². The number of hydrogen-bond donors (Lipinski definition) is 1. The molecule has 0 radical (unpaired) electrons. The fraction of sp³-hybridized carbons (Fsp3) is 0.632. The number of ketones is 1. The standard InChI is InChI=1S/C19H27NO3/c1-4-15(20-5-2)13(3)10-18(21)19(8-9-19)14-6-7-16-17(11-14)23-12-22-16/h4,6-7,13-14,20H,5,8-12H2,1-3H3/b15-4+. The van der Waals surface area contributed by atoms with Gasteiger partial charge in [0.1, 0.15) is 11.5 Å². The Morgan fingerprint density at radius 1 is 1.48 bits per heavy atom. The van der Waals surface area contributed by atoms with E-state index in [1.165, 1.54) is 5.70 Å². The van der Waals surface area contributed by atoms with Gasteiger partial charge in [0.25, 0.3) is 0 Å². The Hall–Kier alpha value is -1.71. The predicted octanol–water partition coefficient (Wildman–Crippen LogP) is 3.67. The number of nitrogens with one attached hydrogen (secondary N) is 1. The Balaban J connectivity index is 1.64. The summed E-state index contributed by atoms with van der Waals surface area (Å²) in [5.74, 6) is 2.68. The van der Waals surface area contributed by atoms with Crippen LogP contribution in [0, 0.1) is 17.3 Å². The normalized spacial score (nSPS) is 26.2. The summed E-state index contributed by atoms with van der Waals surface area (Å²) in [7, 11) is 0. The number of carbonyl (C=O) groups is 1. The van der Waals surface area contributed by atoms with Gasteiger partial charge in [-0.3, -0.25) is 4.79 Å². The minimum absolute atomic E-state index is 0.166. The molecule has 0 spiro atoms. The molecule has 23 heavy (non-hydrogen) atoms. The lowest BCUT2D eigenvalue weighted by atomic mass is 9.77. The van der Waals surface area contributed by atoms with Gasteiger partial charge in [0.2, 0.25) is 6.79 Å². The van der Waals surface area contributed by atoms with Crippen LogP contribution in [0.3, 0.4) is 0 Å². The summed E-state index contributed by atoms with van der Waals surface area (Å²) in [6.07, 6.45) is 9.65. The maximum Gasteiger partial charge on any atom is 0.230 e. The van der Waals surface area contributed by atoms with Gasteiger partial charge in [-0.25, -0.2) is 0 Å². The molecule has 0 aromatic rings. The first-order chi connectivity index (χ1) is 11.1. The molecule has 1 N–H and O–H groups in total. The second kappa shape index (κ2) is 6.42. The van der Waals surface area contributed by atoms with Crippen molar-refractivity contribution in [2.24, 2.45) is 17.3 Å². The van der Waals surface area contributed by atoms with Crippen molar-refractivity contribution in [3.05, 3.63) is 35.4 Å². The molecule has 0 amide bonds. The van der Waals surface area contributed by atoms with Crippen LogP contribution < -0.4 is 5.32 Å². The summed E-state index contributed by atoms with van der Waals surface area (Å²) in [5.41, 5.74) is 1.01. The maximum atomic E-state index is 13.0. The van der Waals surface area contributed by atoms with E-state index in [2.05, 4.69) is 31.3 Å². The molecular weight excluding hydrogens is 290 g/mol. The molecule has 1 fully saturated rings. The molecule has 3 rings (SSSR count). The van der Waals surface area contributed by atoms with Crippen LogP contribution in [0.5, 0.6) is 0 Å². The lowest BCUT2D eigenvalue weighted by Crippen LogP contribution is -2.29. The summed E-state index contributed by atoms with van der Waals surface area (Å²) < 4.78 is 10.9. The summed E-state index contributed by atoms with van der Waals surface area (Å²) in [6.45, 7) is 7.46. The molecule has 1 saturated carbocycles. The first-order valence-electron chi connectivity index (χ1n) is 8.71. The topological polar surface area (TPSA) is 47.6 Å². The van der Waals surface area contributed by atoms with E-state index in [4.69, 9.17) is 9.47 Å². The van der Waals surface area contributed by atoms with Crippen molar-refractivity contribution in [3.63, 3.8) is 0 Å². The fourth-order valence-electron chi connectivity index (χ4n) is 3.81. The van der Waals surface area contributed by atoms with E-state index in [9.17, 15) is 4.79 Å². The molecule has 3 aliphatic rings. The molecule has 2 atom stereocenters. The molecule has 1 aliphatic heterocycles. The molecule has 0 aromatic heterocycles. The van der Waals surface area contributed by atoms with Crippen LogP contribution in [0.25, 0.3) is 0 Å². The third-order valence-corrected chi connectivity index (χ3v) is 5.38. The first-order valence-corrected chi connectivity index (χ1v) is 8.71. The van der Waals surface area contributed by atoms with Gasteiger partial charge < -0.3 is 14.8 Å². The molecule has 0 bridgehead atoms. The van der Waals surface area contributed by atoms with Crippen molar-refractivity contribution >= 4 is 5.78 Å². The monoisotopic (exact) mass is 317 g/mol. The third kappa shape index (κ3) is 3.04. The van der Waals surface area contributed by atoms with Gasteiger partial charge in [-0.15, -0.1) is 0 Å². The van der Waals surface area contributed by atoms with Gasteiger partial charge in [-0.05, 0) is 38.7 Å². The van der Waals surface area contributed by atoms with Gasteiger partial charge in [0.05, 0.1) is 0 Å². The highest BCUT2D eigenvalue weighted by Crippen LogP contribution is 2.57. The van der Waals surface area contributed by atoms with Crippen LogP contribution in [0.15, 0.2) is 35.4 Å². The molecule has 4 heteroatoms. The van der Waals surface area contributed by atoms with Crippen molar-refractivity contribution in [1.29, 1.82) is 0 Å². The van der Waals surface area contributed by atoms with Crippen LogP contribution in [0.4, 0.5) is 0 Å². The van der Waals surface area contributed by atoms with E-state index in [0.29, 0.717) is 19.0 Å². The van der Waals surface area contributed by atoms with Crippen LogP contribution in [0.2, 0.25) is 0 Å². The molecule has 2 aliphatic carbocycles. The van der Waals surface area contributed by atoms with Crippen molar-refractivity contribution < 1.29 is 14.3 Å². The Morgan fingerprint density at radius 2 is 2.26 bits per heavy atom. The zero-order valence-electron chi connectivity index (χ0n) is 14.4. The first kappa shape index (κ1) is 16.2. The molecule has 2 unspecified atom stereocenters. The minimum Gasteiger partial charge on any atom is -0.458 e. The summed E-state index contributed by atoms with van der Waals surface area (Å²) >= 11 is 0. The Labute approximate surface area is 138 Å². The van der Waals surface area contributed by atoms with E-state index in [-0.39, 0.29) is 17.3 Å². The second-order valence-electron chi connectivity index (χ2n) is 6.82. The van der Waals surface area contributed by atoms with Crippen LogP contribution in [0.1, 0.15) is 46.5 Å².